The molecule has 1 saturated carbocycles. The van der Waals surface area contributed by atoms with Gasteiger partial charge in [0, 0.05) is 25.6 Å². The van der Waals surface area contributed by atoms with E-state index in [1.165, 1.54) is 36.8 Å². The van der Waals surface area contributed by atoms with Gasteiger partial charge in [0.15, 0.2) is 5.96 Å². The zero-order valence-electron chi connectivity index (χ0n) is 18.1. The zero-order valence-corrected chi connectivity index (χ0v) is 20.4. The number of rotatable bonds is 7. The highest BCUT2D eigenvalue weighted by atomic mass is 127. The van der Waals surface area contributed by atoms with Gasteiger partial charge >= 0.3 is 0 Å². The Morgan fingerprint density at radius 3 is 2.41 bits per heavy atom. The summed E-state index contributed by atoms with van der Waals surface area (Å²) in [5, 5.41) is 11.1. The van der Waals surface area contributed by atoms with Crippen LogP contribution < -0.4 is 10.6 Å². The number of halogens is 1. The quantitative estimate of drug-likeness (QED) is 0.334. The summed E-state index contributed by atoms with van der Waals surface area (Å²) < 4.78 is 1.77. The monoisotopic (exact) mass is 510 g/mol. The lowest BCUT2D eigenvalue weighted by atomic mass is 9.78. The van der Waals surface area contributed by atoms with Crippen LogP contribution in [-0.4, -0.2) is 33.8 Å². The third-order valence-corrected chi connectivity index (χ3v) is 5.87. The number of nitrogens with one attached hydrogen (secondary N) is 2. The van der Waals surface area contributed by atoms with Crippen molar-refractivity contribution < 1.29 is 0 Å². The number of guanidine groups is 1. The van der Waals surface area contributed by atoms with Crippen molar-refractivity contribution in [3.05, 3.63) is 47.5 Å². The van der Waals surface area contributed by atoms with Crippen molar-refractivity contribution >= 4 is 29.9 Å². The van der Waals surface area contributed by atoms with E-state index in [4.69, 9.17) is 4.99 Å². The first-order valence-electron chi connectivity index (χ1n) is 10.5. The molecule has 0 aliphatic heterocycles. The molecule has 1 heterocycles. The fraction of sp³-hybridized carbons (Fsp3) is 0.591. The Morgan fingerprint density at radius 1 is 1.17 bits per heavy atom. The SMILES string of the molecule is CCNC(=NCc1ncnn1C)NCC1(c2ccc(C(C)C)cc2)CCCC1.I. The van der Waals surface area contributed by atoms with Crippen molar-refractivity contribution in [2.75, 3.05) is 13.1 Å². The van der Waals surface area contributed by atoms with Gasteiger partial charge < -0.3 is 10.6 Å². The van der Waals surface area contributed by atoms with Gasteiger partial charge in [0.1, 0.15) is 18.7 Å². The molecule has 0 unspecified atom stereocenters. The molecule has 7 heteroatoms. The summed E-state index contributed by atoms with van der Waals surface area (Å²) in [7, 11) is 1.90. The van der Waals surface area contributed by atoms with Crippen LogP contribution in [0.4, 0.5) is 0 Å². The Labute approximate surface area is 192 Å². The molecular formula is C22H35IN6. The Kier molecular flexibility index (Phi) is 8.92. The smallest absolute Gasteiger partial charge is 0.191 e. The molecule has 1 fully saturated rings. The standard InChI is InChI=1S/C22H34N6.HI/c1-5-23-21(24-14-20-26-16-27-28(20)4)25-15-22(12-6-7-13-22)19-10-8-18(9-11-19)17(2)3;/h8-11,16-17H,5-7,12-15H2,1-4H3,(H2,23,24,25);1H. The van der Waals surface area contributed by atoms with Crippen LogP contribution in [0.25, 0.3) is 0 Å². The molecule has 1 aromatic carbocycles. The maximum absolute atomic E-state index is 4.71. The summed E-state index contributed by atoms with van der Waals surface area (Å²) in [5.41, 5.74) is 3.05. The number of aliphatic imine (C=N–C) groups is 1. The van der Waals surface area contributed by atoms with E-state index in [-0.39, 0.29) is 29.4 Å². The second-order valence-corrected chi connectivity index (χ2v) is 8.11. The molecule has 0 saturated heterocycles. The molecule has 3 rings (SSSR count). The Balaban J connectivity index is 0.00000300. The minimum atomic E-state index is 0. The molecule has 2 N–H and O–H groups in total. The highest BCUT2D eigenvalue weighted by Crippen LogP contribution is 2.41. The molecule has 29 heavy (non-hydrogen) atoms. The van der Waals surface area contributed by atoms with Gasteiger partial charge in [0.05, 0.1) is 0 Å². The molecular weight excluding hydrogens is 475 g/mol. The molecule has 1 aliphatic carbocycles. The van der Waals surface area contributed by atoms with E-state index in [9.17, 15) is 0 Å². The minimum Gasteiger partial charge on any atom is -0.357 e. The van der Waals surface area contributed by atoms with Gasteiger partial charge in [-0.2, -0.15) is 5.10 Å². The maximum Gasteiger partial charge on any atom is 0.191 e. The fourth-order valence-electron chi connectivity index (χ4n) is 4.05. The number of nitrogens with zero attached hydrogens (tertiary/aromatic N) is 4. The Bertz CT molecular complexity index is 775. The molecule has 1 aromatic heterocycles. The third-order valence-electron chi connectivity index (χ3n) is 5.87. The first kappa shape index (κ1) is 23.6. The van der Waals surface area contributed by atoms with E-state index < -0.39 is 0 Å². The predicted octanol–water partition coefficient (Wildman–Crippen LogP) is 4.12. The van der Waals surface area contributed by atoms with E-state index in [1.54, 1.807) is 11.0 Å². The summed E-state index contributed by atoms with van der Waals surface area (Å²) in [6.45, 7) is 8.84. The number of hydrogen-bond donors (Lipinski definition) is 2. The van der Waals surface area contributed by atoms with Gasteiger partial charge in [-0.1, -0.05) is 51.0 Å². The van der Waals surface area contributed by atoms with Crippen LogP contribution in [0.1, 0.15) is 69.3 Å². The number of aromatic nitrogens is 3. The van der Waals surface area contributed by atoms with Gasteiger partial charge in [0.2, 0.25) is 0 Å². The second kappa shape index (κ2) is 10.9. The predicted molar refractivity (Wildman–Crippen MR) is 130 cm³/mol. The molecule has 0 atom stereocenters. The van der Waals surface area contributed by atoms with Crippen LogP contribution >= 0.6 is 24.0 Å². The van der Waals surface area contributed by atoms with Crippen molar-refractivity contribution in [1.82, 2.24) is 25.4 Å². The van der Waals surface area contributed by atoms with E-state index in [0.717, 1.165) is 24.9 Å². The summed E-state index contributed by atoms with van der Waals surface area (Å²) in [6.07, 6.45) is 6.60. The van der Waals surface area contributed by atoms with Crippen molar-refractivity contribution in [2.24, 2.45) is 12.0 Å². The lowest BCUT2D eigenvalue weighted by Gasteiger charge is -2.31. The molecule has 0 radical (unpaired) electrons. The van der Waals surface area contributed by atoms with Crippen molar-refractivity contribution in [3.63, 3.8) is 0 Å². The van der Waals surface area contributed by atoms with Crippen LogP contribution in [0.5, 0.6) is 0 Å². The largest absolute Gasteiger partial charge is 0.357 e. The summed E-state index contributed by atoms with van der Waals surface area (Å²) >= 11 is 0. The van der Waals surface area contributed by atoms with E-state index in [2.05, 4.69) is 65.8 Å². The number of aryl methyl sites for hydroxylation is 1. The van der Waals surface area contributed by atoms with Gasteiger partial charge in [-0.3, -0.25) is 4.68 Å². The average Bonchev–Trinajstić information content (AvgIpc) is 3.34. The molecule has 0 bridgehead atoms. The van der Waals surface area contributed by atoms with Crippen molar-refractivity contribution in [2.45, 2.75) is 64.3 Å². The van der Waals surface area contributed by atoms with Crippen LogP contribution in [0.15, 0.2) is 35.6 Å². The van der Waals surface area contributed by atoms with Crippen LogP contribution in [0.3, 0.4) is 0 Å². The van der Waals surface area contributed by atoms with Crippen LogP contribution in [0, 0.1) is 0 Å². The molecule has 1 aliphatic rings. The van der Waals surface area contributed by atoms with Crippen LogP contribution in [0.2, 0.25) is 0 Å². The second-order valence-electron chi connectivity index (χ2n) is 8.11. The minimum absolute atomic E-state index is 0. The molecule has 6 nitrogen and oxygen atoms in total. The van der Waals surface area contributed by atoms with Gasteiger partial charge in [-0.15, -0.1) is 24.0 Å². The number of benzene rings is 1. The number of hydrogen-bond acceptors (Lipinski definition) is 3. The fourth-order valence-corrected chi connectivity index (χ4v) is 4.05. The molecule has 0 spiro atoms. The highest BCUT2D eigenvalue weighted by Gasteiger charge is 2.35. The molecule has 0 amide bonds. The van der Waals surface area contributed by atoms with E-state index >= 15 is 0 Å². The zero-order chi connectivity index (χ0) is 20.0. The Hall–Kier alpha value is -1.64. The van der Waals surface area contributed by atoms with Crippen molar-refractivity contribution in [1.29, 1.82) is 0 Å². The average molecular weight is 510 g/mol. The maximum atomic E-state index is 4.71. The van der Waals surface area contributed by atoms with Gasteiger partial charge in [-0.25, -0.2) is 9.98 Å². The molecule has 2 aromatic rings. The lowest BCUT2D eigenvalue weighted by Crippen LogP contribution is -2.44. The summed E-state index contributed by atoms with van der Waals surface area (Å²) in [6, 6.07) is 9.28. The van der Waals surface area contributed by atoms with Crippen molar-refractivity contribution in [3.8, 4) is 0 Å². The van der Waals surface area contributed by atoms with Gasteiger partial charge in [-0.05, 0) is 36.8 Å². The Morgan fingerprint density at radius 2 is 1.86 bits per heavy atom. The topological polar surface area (TPSA) is 67.1 Å². The highest BCUT2D eigenvalue weighted by molar-refractivity contribution is 14.0. The molecule has 160 valence electrons. The van der Waals surface area contributed by atoms with Gasteiger partial charge in [0.25, 0.3) is 0 Å². The van der Waals surface area contributed by atoms with Crippen LogP contribution in [-0.2, 0) is 19.0 Å². The lowest BCUT2D eigenvalue weighted by molar-refractivity contribution is 0.431. The normalized spacial score (nSPS) is 16.0. The van der Waals surface area contributed by atoms with E-state index in [1.807, 2.05) is 7.05 Å². The first-order chi connectivity index (χ1) is 13.5. The third kappa shape index (κ3) is 5.93. The summed E-state index contributed by atoms with van der Waals surface area (Å²) in [4.78, 5) is 8.97. The first-order valence-corrected chi connectivity index (χ1v) is 10.5. The summed E-state index contributed by atoms with van der Waals surface area (Å²) in [5.74, 6) is 2.27. The van der Waals surface area contributed by atoms with E-state index in [0.29, 0.717) is 12.5 Å².